The molecule has 0 bridgehead atoms. The molecule has 0 fully saturated rings. The Morgan fingerprint density at radius 2 is 1.59 bits per heavy atom. The largest absolute Gasteiger partial charge is 0.493 e. The lowest BCUT2D eigenvalue weighted by Crippen LogP contribution is -2.25. The predicted molar refractivity (Wildman–Crippen MR) is 109 cm³/mol. The first kappa shape index (κ1) is 22.1. The Hall–Kier alpha value is -3.15. The van der Waals surface area contributed by atoms with Gasteiger partial charge in [-0.15, -0.1) is 0 Å². The SMILES string of the molecule is C=C(C)C(=O)Oc1ccc(-c2ccc(OC(=O)C(C)(C)C)cc2F)c(OCC)c1. The summed E-state index contributed by atoms with van der Waals surface area (Å²) in [5, 5.41) is 0. The first-order valence-electron chi connectivity index (χ1n) is 9.19. The van der Waals surface area contributed by atoms with Gasteiger partial charge in [0, 0.05) is 28.8 Å². The molecule has 0 saturated carbocycles. The van der Waals surface area contributed by atoms with Crippen LogP contribution in [-0.4, -0.2) is 18.5 Å². The van der Waals surface area contributed by atoms with Gasteiger partial charge in [-0.2, -0.15) is 0 Å². The molecule has 0 amide bonds. The van der Waals surface area contributed by atoms with E-state index in [9.17, 15) is 14.0 Å². The maximum atomic E-state index is 14.8. The number of carbonyl (C=O) groups excluding carboxylic acids is 2. The van der Waals surface area contributed by atoms with E-state index < -0.39 is 23.2 Å². The molecule has 0 aliphatic carbocycles. The van der Waals surface area contributed by atoms with Gasteiger partial charge in [0.25, 0.3) is 0 Å². The van der Waals surface area contributed by atoms with Crippen LogP contribution in [0.2, 0.25) is 0 Å². The number of benzene rings is 2. The van der Waals surface area contributed by atoms with Crippen LogP contribution in [0.1, 0.15) is 34.6 Å². The van der Waals surface area contributed by atoms with Crippen LogP contribution in [0.15, 0.2) is 48.6 Å². The predicted octanol–water partition coefficient (Wildman–Crippen LogP) is 5.32. The number of rotatable bonds is 6. The Labute approximate surface area is 170 Å². The Kier molecular flexibility index (Phi) is 6.80. The van der Waals surface area contributed by atoms with Gasteiger partial charge >= 0.3 is 11.9 Å². The van der Waals surface area contributed by atoms with E-state index in [0.29, 0.717) is 17.9 Å². The topological polar surface area (TPSA) is 61.8 Å². The third-order valence-electron chi connectivity index (χ3n) is 3.87. The molecule has 0 N–H and O–H groups in total. The van der Waals surface area contributed by atoms with Gasteiger partial charge < -0.3 is 14.2 Å². The zero-order valence-electron chi connectivity index (χ0n) is 17.3. The van der Waals surface area contributed by atoms with Crippen molar-refractivity contribution in [3.8, 4) is 28.4 Å². The van der Waals surface area contributed by atoms with Crippen molar-refractivity contribution in [2.75, 3.05) is 6.61 Å². The first-order valence-corrected chi connectivity index (χ1v) is 9.19. The van der Waals surface area contributed by atoms with Gasteiger partial charge in [-0.25, -0.2) is 9.18 Å². The normalized spacial score (nSPS) is 11.0. The van der Waals surface area contributed by atoms with Crippen LogP contribution in [-0.2, 0) is 9.59 Å². The van der Waals surface area contributed by atoms with Gasteiger partial charge in [-0.3, -0.25) is 4.79 Å². The molecular formula is C23H25FO5. The maximum absolute atomic E-state index is 14.8. The standard InChI is InChI=1S/C23H25FO5/c1-7-27-20-13-16(28-21(25)14(2)3)9-11-18(20)17-10-8-15(12-19(17)24)29-22(26)23(4,5)6/h8-13H,2,7H2,1,3-6H3. The minimum atomic E-state index is -0.700. The van der Waals surface area contributed by atoms with Gasteiger partial charge in [0.2, 0.25) is 0 Å². The Bertz CT molecular complexity index is 941. The summed E-state index contributed by atoms with van der Waals surface area (Å²) < 4.78 is 30.8. The fourth-order valence-electron chi connectivity index (χ4n) is 2.30. The smallest absolute Gasteiger partial charge is 0.338 e. The molecule has 29 heavy (non-hydrogen) atoms. The molecule has 0 radical (unpaired) electrons. The van der Waals surface area contributed by atoms with Crippen molar-refractivity contribution in [2.45, 2.75) is 34.6 Å². The van der Waals surface area contributed by atoms with Crippen LogP contribution in [0, 0.1) is 11.2 Å². The highest BCUT2D eigenvalue weighted by atomic mass is 19.1. The number of hydrogen-bond acceptors (Lipinski definition) is 5. The quantitative estimate of drug-likeness (QED) is 0.373. The molecule has 0 aromatic heterocycles. The highest BCUT2D eigenvalue weighted by Crippen LogP contribution is 2.36. The molecule has 0 saturated heterocycles. The van der Waals surface area contributed by atoms with Crippen molar-refractivity contribution in [3.05, 3.63) is 54.4 Å². The van der Waals surface area contributed by atoms with E-state index in [1.807, 2.05) is 0 Å². The van der Waals surface area contributed by atoms with Gasteiger partial charge in [0.05, 0.1) is 12.0 Å². The average molecular weight is 400 g/mol. The number of carbonyl (C=O) groups is 2. The van der Waals surface area contributed by atoms with Crippen LogP contribution >= 0.6 is 0 Å². The number of hydrogen-bond donors (Lipinski definition) is 0. The van der Waals surface area contributed by atoms with E-state index in [0.717, 1.165) is 6.07 Å². The first-order chi connectivity index (χ1) is 13.5. The summed E-state index contributed by atoms with van der Waals surface area (Å²) in [5.74, 6) is -0.841. The van der Waals surface area contributed by atoms with Crippen LogP contribution in [0.3, 0.4) is 0 Å². The fraction of sp³-hybridized carbons (Fsp3) is 0.304. The fourth-order valence-corrected chi connectivity index (χ4v) is 2.30. The summed E-state index contributed by atoms with van der Waals surface area (Å²) in [6.07, 6.45) is 0. The lowest BCUT2D eigenvalue weighted by atomic mass is 9.97. The molecule has 0 aliphatic rings. The molecule has 0 spiro atoms. The molecule has 0 unspecified atom stereocenters. The number of halogens is 1. The molecule has 2 aromatic carbocycles. The van der Waals surface area contributed by atoms with Crippen molar-refractivity contribution >= 4 is 11.9 Å². The summed E-state index contributed by atoms with van der Waals surface area (Å²) >= 11 is 0. The highest BCUT2D eigenvalue weighted by molar-refractivity contribution is 5.89. The van der Waals surface area contributed by atoms with Gasteiger partial charge in [0.15, 0.2) is 0 Å². The van der Waals surface area contributed by atoms with Gasteiger partial charge in [0.1, 0.15) is 23.1 Å². The number of ether oxygens (including phenoxy) is 3. The Morgan fingerprint density at radius 1 is 1.00 bits per heavy atom. The van der Waals surface area contributed by atoms with Crippen LogP contribution in [0.4, 0.5) is 4.39 Å². The summed E-state index contributed by atoms with van der Waals surface area (Å²) in [7, 11) is 0. The zero-order chi connectivity index (χ0) is 21.8. The van der Waals surface area contributed by atoms with Gasteiger partial charge in [-0.05, 0) is 58.9 Å². The summed E-state index contributed by atoms with van der Waals surface area (Å²) in [5.41, 5.74) is 0.308. The third-order valence-corrected chi connectivity index (χ3v) is 3.87. The van der Waals surface area contributed by atoms with E-state index in [-0.39, 0.29) is 22.6 Å². The van der Waals surface area contributed by atoms with Crippen molar-refractivity contribution < 1.29 is 28.2 Å². The van der Waals surface area contributed by atoms with Crippen LogP contribution in [0.5, 0.6) is 17.2 Å². The molecule has 0 atom stereocenters. The van der Waals surface area contributed by atoms with E-state index in [1.165, 1.54) is 18.2 Å². The summed E-state index contributed by atoms with van der Waals surface area (Å²) in [4.78, 5) is 23.7. The second-order valence-electron chi connectivity index (χ2n) is 7.54. The second kappa shape index (κ2) is 8.90. The molecule has 0 heterocycles. The maximum Gasteiger partial charge on any atom is 0.338 e. The number of esters is 2. The van der Waals surface area contributed by atoms with Crippen LogP contribution in [0.25, 0.3) is 11.1 Å². The van der Waals surface area contributed by atoms with Gasteiger partial charge in [-0.1, -0.05) is 6.58 Å². The van der Waals surface area contributed by atoms with Crippen molar-refractivity contribution in [3.63, 3.8) is 0 Å². The van der Waals surface area contributed by atoms with Crippen molar-refractivity contribution in [1.29, 1.82) is 0 Å². The lowest BCUT2D eigenvalue weighted by Gasteiger charge is -2.17. The summed E-state index contributed by atoms with van der Waals surface area (Å²) in [6.45, 7) is 12.4. The second-order valence-corrected chi connectivity index (χ2v) is 7.54. The van der Waals surface area contributed by atoms with E-state index in [2.05, 4.69) is 6.58 Å². The lowest BCUT2D eigenvalue weighted by molar-refractivity contribution is -0.143. The minimum Gasteiger partial charge on any atom is -0.493 e. The molecule has 0 aliphatic heterocycles. The van der Waals surface area contributed by atoms with Crippen LogP contribution < -0.4 is 14.2 Å². The molecule has 2 aromatic rings. The molecular weight excluding hydrogens is 375 g/mol. The molecule has 5 nitrogen and oxygen atoms in total. The highest BCUT2D eigenvalue weighted by Gasteiger charge is 2.24. The zero-order valence-corrected chi connectivity index (χ0v) is 17.3. The Morgan fingerprint density at radius 3 is 2.10 bits per heavy atom. The minimum absolute atomic E-state index is 0.121. The van der Waals surface area contributed by atoms with Crippen molar-refractivity contribution in [2.24, 2.45) is 5.41 Å². The summed E-state index contributed by atoms with van der Waals surface area (Å²) in [6, 6.07) is 8.86. The molecule has 2 rings (SSSR count). The molecule has 154 valence electrons. The van der Waals surface area contributed by atoms with Crippen molar-refractivity contribution in [1.82, 2.24) is 0 Å². The third kappa shape index (κ3) is 5.67. The van der Waals surface area contributed by atoms with E-state index >= 15 is 0 Å². The van der Waals surface area contributed by atoms with E-state index in [1.54, 1.807) is 46.8 Å². The average Bonchev–Trinajstić information content (AvgIpc) is 2.62. The molecule has 6 heteroatoms. The monoisotopic (exact) mass is 400 g/mol. The van der Waals surface area contributed by atoms with E-state index in [4.69, 9.17) is 14.2 Å². The Balaban J connectivity index is 2.36.